The summed E-state index contributed by atoms with van der Waals surface area (Å²) in [5, 5.41) is 3.08. The van der Waals surface area contributed by atoms with Crippen LogP contribution in [0.1, 0.15) is 44.2 Å². The molecule has 2 atom stereocenters. The Hall–Kier alpha value is -1.39. The summed E-state index contributed by atoms with van der Waals surface area (Å²) in [5.74, 6) is 0.109. The van der Waals surface area contributed by atoms with Gasteiger partial charge in [-0.3, -0.25) is 9.69 Å². The molecule has 122 valence electrons. The molecule has 0 radical (unpaired) electrons. The number of amides is 1. The molecule has 22 heavy (non-hydrogen) atoms. The summed E-state index contributed by atoms with van der Waals surface area (Å²) in [6, 6.07) is 8.39. The molecule has 0 bridgehead atoms. The predicted octanol–water partition coefficient (Wildman–Crippen LogP) is 2.27. The molecule has 4 heteroatoms. The third kappa shape index (κ3) is 4.31. The van der Waals surface area contributed by atoms with Gasteiger partial charge < -0.3 is 11.1 Å². The van der Waals surface area contributed by atoms with E-state index in [1.54, 1.807) is 0 Å². The van der Waals surface area contributed by atoms with Crippen molar-refractivity contribution in [2.45, 2.75) is 52.2 Å². The van der Waals surface area contributed by atoms with Crippen molar-refractivity contribution in [1.82, 2.24) is 10.2 Å². The number of benzene rings is 1. The molecule has 1 aliphatic carbocycles. The van der Waals surface area contributed by atoms with Gasteiger partial charge in [-0.05, 0) is 37.1 Å². The molecule has 3 N–H and O–H groups in total. The second-order valence-electron chi connectivity index (χ2n) is 6.15. The SMILES string of the molecule is CCN(CC)Cc1ccccc1CNC(=O)C1CCCC1N. The number of hydrogen-bond donors (Lipinski definition) is 2. The second-order valence-corrected chi connectivity index (χ2v) is 6.15. The topological polar surface area (TPSA) is 58.4 Å². The van der Waals surface area contributed by atoms with E-state index in [9.17, 15) is 4.79 Å². The van der Waals surface area contributed by atoms with Crippen LogP contribution in [0, 0.1) is 5.92 Å². The summed E-state index contributed by atoms with van der Waals surface area (Å²) in [5.41, 5.74) is 8.51. The first-order valence-electron chi connectivity index (χ1n) is 8.48. The van der Waals surface area contributed by atoms with Crippen molar-refractivity contribution >= 4 is 5.91 Å². The number of nitrogens with two attached hydrogens (primary N) is 1. The zero-order valence-corrected chi connectivity index (χ0v) is 13.8. The lowest BCUT2D eigenvalue weighted by molar-refractivity contribution is -0.125. The normalized spacial score (nSPS) is 21.3. The first-order chi connectivity index (χ1) is 10.7. The van der Waals surface area contributed by atoms with Gasteiger partial charge in [-0.25, -0.2) is 0 Å². The van der Waals surface area contributed by atoms with E-state index < -0.39 is 0 Å². The summed E-state index contributed by atoms with van der Waals surface area (Å²) in [6.45, 7) is 7.95. The van der Waals surface area contributed by atoms with E-state index in [1.807, 2.05) is 6.07 Å². The Kier molecular flexibility index (Phi) is 6.40. The van der Waals surface area contributed by atoms with E-state index >= 15 is 0 Å². The van der Waals surface area contributed by atoms with Crippen LogP contribution >= 0.6 is 0 Å². The lowest BCUT2D eigenvalue weighted by Crippen LogP contribution is -2.38. The summed E-state index contributed by atoms with van der Waals surface area (Å²) in [4.78, 5) is 14.7. The fraction of sp³-hybridized carbons (Fsp3) is 0.611. The van der Waals surface area contributed by atoms with Crippen LogP contribution in [0.4, 0.5) is 0 Å². The number of carbonyl (C=O) groups is 1. The first kappa shape index (κ1) is 17.0. The average Bonchev–Trinajstić information content (AvgIpc) is 2.97. The summed E-state index contributed by atoms with van der Waals surface area (Å²) >= 11 is 0. The molecule has 2 rings (SSSR count). The summed E-state index contributed by atoms with van der Waals surface area (Å²) < 4.78 is 0. The molecular weight excluding hydrogens is 274 g/mol. The maximum atomic E-state index is 12.3. The van der Waals surface area contributed by atoms with E-state index in [2.05, 4.69) is 42.3 Å². The van der Waals surface area contributed by atoms with Crippen molar-refractivity contribution in [3.63, 3.8) is 0 Å². The maximum Gasteiger partial charge on any atom is 0.224 e. The van der Waals surface area contributed by atoms with Gasteiger partial charge in [0.25, 0.3) is 0 Å². The Morgan fingerprint density at radius 3 is 2.50 bits per heavy atom. The third-order valence-corrected chi connectivity index (χ3v) is 4.77. The van der Waals surface area contributed by atoms with E-state index in [4.69, 9.17) is 5.73 Å². The molecule has 1 aromatic carbocycles. The van der Waals surface area contributed by atoms with E-state index in [-0.39, 0.29) is 17.9 Å². The summed E-state index contributed by atoms with van der Waals surface area (Å²) in [7, 11) is 0. The van der Waals surface area contributed by atoms with Crippen molar-refractivity contribution in [1.29, 1.82) is 0 Å². The van der Waals surface area contributed by atoms with Gasteiger partial charge in [0.1, 0.15) is 0 Å². The Bertz CT molecular complexity index is 485. The number of nitrogens with one attached hydrogen (secondary N) is 1. The first-order valence-corrected chi connectivity index (χ1v) is 8.48. The highest BCUT2D eigenvalue weighted by Gasteiger charge is 2.29. The lowest BCUT2D eigenvalue weighted by atomic mass is 10.0. The van der Waals surface area contributed by atoms with Crippen LogP contribution in [0.2, 0.25) is 0 Å². The molecule has 4 nitrogen and oxygen atoms in total. The Balaban J connectivity index is 1.96. The average molecular weight is 303 g/mol. The van der Waals surface area contributed by atoms with Crippen LogP contribution in [0.15, 0.2) is 24.3 Å². The van der Waals surface area contributed by atoms with E-state index in [0.29, 0.717) is 6.54 Å². The second kappa shape index (κ2) is 8.30. The van der Waals surface area contributed by atoms with Crippen LogP contribution in [0.5, 0.6) is 0 Å². The minimum atomic E-state index is -0.00468. The number of carbonyl (C=O) groups excluding carboxylic acids is 1. The highest BCUT2D eigenvalue weighted by Crippen LogP contribution is 2.24. The van der Waals surface area contributed by atoms with Gasteiger partial charge in [0.05, 0.1) is 5.92 Å². The van der Waals surface area contributed by atoms with Crippen LogP contribution in [0.3, 0.4) is 0 Å². The van der Waals surface area contributed by atoms with Crippen molar-refractivity contribution in [2.75, 3.05) is 13.1 Å². The van der Waals surface area contributed by atoms with E-state index in [0.717, 1.165) is 38.9 Å². The fourth-order valence-electron chi connectivity index (χ4n) is 3.20. The van der Waals surface area contributed by atoms with Crippen molar-refractivity contribution < 1.29 is 4.79 Å². The molecule has 1 amide bonds. The van der Waals surface area contributed by atoms with Crippen LogP contribution in [0.25, 0.3) is 0 Å². The van der Waals surface area contributed by atoms with Crippen molar-refractivity contribution in [3.05, 3.63) is 35.4 Å². The molecule has 0 heterocycles. The van der Waals surface area contributed by atoms with Crippen molar-refractivity contribution in [3.8, 4) is 0 Å². The van der Waals surface area contributed by atoms with Gasteiger partial charge in [0, 0.05) is 19.1 Å². The largest absolute Gasteiger partial charge is 0.352 e. The molecule has 1 saturated carbocycles. The molecule has 1 aromatic rings. The van der Waals surface area contributed by atoms with Crippen molar-refractivity contribution in [2.24, 2.45) is 11.7 Å². The lowest BCUT2D eigenvalue weighted by Gasteiger charge is -2.21. The quantitative estimate of drug-likeness (QED) is 0.812. The van der Waals surface area contributed by atoms with Gasteiger partial charge in [0.2, 0.25) is 5.91 Å². The zero-order valence-electron chi connectivity index (χ0n) is 13.8. The van der Waals surface area contributed by atoms with Gasteiger partial charge in [-0.1, -0.05) is 44.5 Å². The van der Waals surface area contributed by atoms with E-state index in [1.165, 1.54) is 11.1 Å². The smallest absolute Gasteiger partial charge is 0.224 e. The minimum absolute atomic E-state index is 0.00468. The zero-order chi connectivity index (χ0) is 15.9. The Morgan fingerprint density at radius 1 is 1.23 bits per heavy atom. The third-order valence-electron chi connectivity index (χ3n) is 4.77. The summed E-state index contributed by atoms with van der Waals surface area (Å²) in [6.07, 6.45) is 2.96. The molecule has 1 fully saturated rings. The molecule has 2 unspecified atom stereocenters. The highest BCUT2D eigenvalue weighted by atomic mass is 16.1. The van der Waals surface area contributed by atoms with Crippen LogP contribution in [-0.4, -0.2) is 29.9 Å². The molecule has 0 aromatic heterocycles. The molecule has 1 aliphatic rings. The Labute approximate surface area is 134 Å². The number of nitrogens with zero attached hydrogens (tertiary/aromatic N) is 1. The molecule has 0 aliphatic heterocycles. The van der Waals surface area contributed by atoms with Gasteiger partial charge in [-0.15, -0.1) is 0 Å². The number of hydrogen-bond acceptors (Lipinski definition) is 3. The van der Waals surface area contributed by atoms with Gasteiger partial charge in [-0.2, -0.15) is 0 Å². The van der Waals surface area contributed by atoms with Crippen LogP contribution in [-0.2, 0) is 17.9 Å². The highest BCUT2D eigenvalue weighted by molar-refractivity contribution is 5.79. The van der Waals surface area contributed by atoms with Gasteiger partial charge in [0.15, 0.2) is 0 Å². The van der Waals surface area contributed by atoms with Crippen LogP contribution < -0.4 is 11.1 Å². The minimum Gasteiger partial charge on any atom is -0.352 e. The fourth-order valence-corrected chi connectivity index (χ4v) is 3.20. The monoisotopic (exact) mass is 303 g/mol. The van der Waals surface area contributed by atoms with Gasteiger partial charge >= 0.3 is 0 Å². The Morgan fingerprint density at radius 2 is 1.91 bits per heavy atom. The maximum absolute atomic E-state index is 12.3. The molecule has 0 saturated heterocycles. The predicted molar refractivity (Wildman–Crippen MR) is 90.2 cm³/mol. The molecular formula is C18H29N3O. The molecule has 0 spiro atoms. The number of rotatable bonds is 7. The standard InChI is InChI=1S/C18H29N3O/c1-3-21(4-2)13-15-9-6-5-8-14(15)12-20-18(22)16-10-7-11-17(16)19/h5-6,8-9,16-17H,3-4,7,10-13,19H2,1-2H3,(H,20,22).